The third-order valence-corrected chi connectivity index (χ3v) is 29.3. The number of halogens is 5. The Labute approximate surface area is 908 Å². The van der Waals surface area contributed by atoms with Crippen LogP contribution in [0.4, 0.5) is 0 Å². The Balaban J connectivity index is 0.000000139. The summed E-state index contributed by atoms with van der Waals surface area (Å²) in [5.74, 6) is 8.18. The van der Waals surface area contributed by atoms with Crippen LogP contribution in [0.1, 0.15) is 106 Å². The fraction of sp³-hybridized carbons (Fsp3) is 0.514. The molecular weight excluding hydrogens is 2070 g/mol. The molecule has 0 radical (unpaired) electrons. The minimum atomic E-state index is 0.00986. The third-order valence-electron chi connectivity index (χ3n) is 23.9. The quantitative estimate of drug-likeness (QED) is 0.0322. The smallest absolute Gasteiger partial charge is 0.217 e. The van der Waals surface area contributed by atoms with Crippen molar-refractivity contribution >= 4 is 175 Å². The first kappa shape index (κ1) is 113. The van der Waals surface area contributed by atoms with Crippen molar-refractivity contribution in [1.29, 1.82) is 0 Å². The zero-order chi connectivity index (χ0) is 104. The summed E-state index contributed by atoms with van der Waals surface area (Å²) >= 11 is 39.5. The first-order valence-corrected chi connectivity index (χ1v) is 55.9. The predicted molar refractivity (Wildman–Crippen MR) is 592 cm³/mol. The number of hydrogen-bond acceptors (Lipinski definition) is 36. The summed E-state index contributed by atoms with van der Waals surface area (Å²) in [6.45, 7) is 47.0. The number of nitrogens with zero attached hydrogens (tertiary/aromatic N) is 15. The summed E-state index contributed by atoms with van der Waals surface area (Å²) in [7, 11) is 1.63. The standard InChI is InChI=1S/C22H26ClN3O3S.C22H29ClN2O3.C21H25ClN4O3S2.C21H25ClN4O3S.C21H29ClN2O5/c1-15(2)29-18-14-20(30-19-4-3-7-24-19)25-22-16(18)5-6-17(21(22)23)28-13-10-26-8-11-27-12-9-26;1-15(2)28-20-14-17(13-16-3-4-16)24-22-18(20)5-6-19(21(22)23)27-12-9-25-7-10-26-11-8-25;1-13(2)29-17-12-18(31-21-25-24-14(3)30-21)23-20-15(17)4-5-16(19(20)22)28-11-8-26-6-9-27-10-7-26;1-14(2)29-17-13-19(30-18-5-6-23-25-18)24-21-15(17)3-4-16(20(21)22)28-12-9-26-7-10-27-11-8-26;1-15(2)29-18-14-19(28-13-12-25-3)23-21-16(18)4-5-17(20(21)22)27-11-8-24-6-9-26-10-7-24/h3,5-7,14-15H,4,8-13H2,1-2H3;5-6,14-16H,3-4,7-13H2,1-2H3;4-5,12-13H,6-11H2,1-3H3;3-4,6,13-14H,5,7-12H2,1-2H3;4-5,14-15H,6-13H2,1-3H3. The van der Waals surface area contributed by atoms with Gasteiger partial charge in [-0.2, -0.15) is 5.10 Å². The number of allylic oxidation sites excluding steroid dienone is 1. The van der Waals surface area contributed by atoms with E-state index in [1.165, 1.54) is 59.5 Å². The number of aryl methyl sites for hydroxylation is 1. The van der Waals surface area contributed by atoms with E-state index in [1.54, 1.807) is 19.4 Å². The number of aliphatic imine (C=N–C) groups is 1. The lowest BCUT2D eigenvalue weighted by molar-refractivity contribution is 0.0322. The number of morpholine rings is 5. The maximum absolute atomic E-state index is 6.74. The third kappa shape index (κ3) is 34.2. The summed E-state index contributed by atoms with van der Waals surface area (Å²) in [6, 6.07) is 29.0. The highest BCUT2D eigenvalue weighted by Crippen LogP contribution is 2.46. The van der Waals surface area contributed by atoms with Gasteiger partial charge in [0, 0.05) is 193 Å². The van der Waals surface area contributed by atoms with Crippen molar-refractivity contribution in [2.24, 2.45) is 21.1 Å². The Hall–Kier alpha value is -8.68. The SMILES string of the molecule is CC(C)Oc1cc(CC2CC2)nc2c(Cl)c(OCCN3CCOCC3)ccc12.CC(C)Oc1cc(SC2=NC=CC2)nc2c(Cl)c(OCCN3CCOCC3)ccc12.CC(C)Oc1cc(SC2=NN=CC2)nc2c(Cl)c(OCCN3CCOCC3)ccc12.COCCOc1cc(OC(C)C)c2ccc(OCCN3CCOCC3)c(Cl)c2n1.Cc1nnc(Sc2cc(OC(C)C)c3ccc(OCCN4CCOCC4)c(Cl)c3n2)s1. The van der Waals surface area contributed by atoms with Gasteiger partial charge in [0.15, 0.2) is 4.34 Å². The van der Waals surface area contributed by atoms with Crippen LogP contribution in [0, 0.1) is 12.8 Å². The molecule has 8 aliphatic rings. The Kier molecular flexibility index (Phi) is 44.3. The fourth-order valence-corrected chi connectivity index (χ4v) is 21.1. The highest BCUT2D eigenvalue weighted by Gasteiger charge is 2.29. The van der Waals surface area contributed by atoms with Gasteiger partial charge in [-0.25, -0.2) is 19.9 Å². The van der Waals surface area contributed by atoms with Gasteiger partial charge in [-0.3, -0.25) is 34.5 Å². The summed E-state index contributed by atoms with van der Waals surface area (Å²) < 4.78 is 98.7. The number of hydrogen-bond donors (Lipinski definition) is 0. The van der Waals surface area contributed by atoms with Crippen LogP contribution in [-0.2, 0) is 34.8 Å². The van der Waals surface area contributed by atoms with E-state index in [9.17, 15) is 0 Å². The van der Waals surface area contributed by atoms with Crippen molar-refractivity contribution < 1.29 is 80.5 Å². The minimum absolute atomic E-state index is 0.00986. The monoisotopic (exact) mass is 2200 g/mol. The van der Waals surface area contributed by atoms with Crippen LogP contribution < -0.4 is 52.1 Å². The van der Waals surface area contributed by atoms with E-state index in [4.69, 9.17) is 158 Å². The molecule has 0 amide bonds. The first-order valence-electron chi connectivity index (χ1n) is 50.8. The van der Waals surface area contributed by atoms with Crippen molar-refractivity contribution in [2.75, 3.05) is 218 Å². The number of benzene rings is 5. The van der Waals surface area contributed by atoms with Crippen molar-refractivity contribution in [3.8, 4) is 63.4 Å². The highest BCUT2D eigenvalue weighted by atomic mass is 35.5. The van der Waals surface area contributed by atoms with Crippen molar-refractivity contribution in [3.63, 3.8) is 0 Å². The van der Waals surface area contributed by atoms with Crippen LogP contribution in [0.25, 0.3) is 54.5 Å². The van der Waals surface area contributed by atoms with Crippen LogP contribution in [0.5, 0.6) is 63.4 Å². The molecule has 0 spiro atoms. The summed E-state index contributed by atoms with van der Waals surface area (Å²) in [6.07, 6.45) is 10.9. The number of ether oxygens (including phenoxy) is 17. The van der Waals surface area contributed by atoms with Gasteiger partial charge in [0.25, 0.3) is 0 Å². The maximum Gasteiger partial charge on any atom is 0.217 e. The van der Waals surface area contributed by atoms with Crippen LogP contribution in [0.3, 0.4) is 0 Å². The maximum atomic E-state index is 6.74. The normalized spacial score (nSPS) is 16.4. The van der Waals surface area contributed by atoms with Gasteiger partial charge in [0.05, 0.1) is 130 Å². The minimum Gasteiger partial charge on any atom is -0.491 e. The number of pyridine rings is 5. The average molecular weight is 2210 g/mol. The van der Waals surface area contributed by atoms with E-state index in [-0.39, 0.29) is 30.5 Å². The fourth-order valence-electron chi connectivity index (χ4n) is 16.4. The predicted octanol–water partition coefficient (Wildman–Crippen LogP) is 21.5. The van der Waals surface area contributed by atoms with Crippen LogP contribution in [-0.4, -0.2) is 324 Å². The molecule has 19 rings (SSSR count). The second-order valence-corrected chi connectivity index (χ2v) is 43.7. The lowest BCUT2D eigenvalue weighted by atomic mass is 10.1. The molecule has 0 N–H and O–H groups in total. The van der Waals surface area contributed by atoms with E-state index >= 15 is 0 Å². The number of fused-ring (bicyclic) bond motifs is 5. The summed E-state index contributed by atoms with van der Waals surface area (Å²) in [5, 5.41) is 28.4. The largest absolute Gasteiger partial charge is 0.491 e. The van der Waals surface area contributed by atoms with Crippen LogP contribution in [0.2, 0.25) is 25.1 Å². The van der Waals surface area contributed by atoms with Gasteiger partial charge >= 0.3 is 0 Å². The topological polar surface area (TPSA) is 300 Å². The number of rotatable bonds is 40. The molecule has 1 aliphatic carbocycles. The molecule has 11 aromatic rings. The van der Waals surface area contributed by atoms with E-state index < -0.39 is 0 Å². The van der Waals surface area contributed by atoms with Gasteiger partial charge in [-0.05, 0) is 174 Å². The van der Waals surface area contributed by atoms with Gasteiger partial charge < -0.3 is 80.5 Å². The molecule has 148 heavy (non-hydrogen) atoms. The lowest BCUT2D eigenvalue weighted by Crippen LogP contribution is -2.38. The lowest BCUT2D eigenvalue weighted by Gasteiger charge is -2.26. The number of methoxy groups -OCH3 is 1. The van der Waals surface area contributed by atoms with Crippen LogP contribution in [0.15, 0.2) is 138 Å². The molecule has 13 heterocycles. The van der Waals surface area contributed by atoms with E-state index in [2.05, 4.69) is 60.9 Å². The molecule has 0 unspecified atom stereocenters. The van der Waals surface area contributed by atoms with Gasteiger partial charge in [-0.1, -0.05) is 98.9 Å². The zero-order valence-electron chi connectivity index (χ0n) is 86.2. The summed E-state index contributed by atoms with van der Waals surface area (Å²) in [4.78, 5) is 39.8. The highest BCUT2D eigenvalue weighted by molar-refractivity contribution is 8.14. The Morgan fingerprint density at radius 3 is 1.01 bits per heavy atom. The Morgan fingerprint density at radius 1 is 0.365 bits per heavy atom. The molecule has 6 fully saturated rings. The molecule has 32 nitrogen and oxygen atoms in total. The molecule has 0 atom stereocenters. The average Bonchev–Trinajstić information content (AvgIpc) is 0.978. The second kappa shape index (κ2) is 57.9. The first-order chi connectivity index (χ1) is 71.9. The molecule has 6 aromatic heterocycles. The van der Waals surface area contributed by atoms with Crippen molar-refractivity contribution in [1.82, 2.24) is 59.6 Å². The van der Waals surface area contributed by atoms with Gasteiger partial charge in [0.1, 0.15) is 153 Å². The van der Waals surface area contributed by atoms with Gasteiger partial charge in [0.2, 0.25) is 5.88 Å². The number of thioether (sulfide) groups is 2. The van der Waals surface area contributed by atoms with Crippen molar-refractivity contribution in [3.05, 3.63) is 139 Å². The molecule has 7 aliphatic heterocycles. The molecule has 798 valence electrons. The molecular formula is C107H134Cl5N15O17S4. The molecule has 0 bridgehead atoms. The molecule has 5 aromatic carbocycles. The molecule has 5 saturated heterocycles. The summed E-state index contributed by atoms with van der Waals surface area (Å²) in [5.41, 5.74) is 4.44. The van der Waals surface area contributed by atoms with Gasteiger partial charge in [-0.15, -0.1) is 15.3 Å². The van der Waals surface area contributed by atoms with Crippen molar-refractivity contribution in [2.45, 2.75) is 158 Å². The Bertz CT molecular complexity index is 6150. The van der Waals surface area contributed by atoms with E-state index in [1.807, 2.05) is 167 Å². The van der Waals surface area contributed by atoms with E-state index in [0.717, 1.165) is 279 Å². The molecule has 41 heteroatoms. The Morgan fingerprint density at radius 2 is 0.696 bits per heavy atom. The van der Waals surface area contributed by atoms with Crippen LogP contribution >= 0.6 is 105 Å². The molecule has 1 saturated carbocycles. The van der Waals surface area contributed by atoms with E-state index in [0.29, 0.717) is 140 Å². The second-order valence-electron chi connectivity index (χ2n) is 37.2. The zero-order valence-corrected chi connectivity index (χ0v) is 93.2. The number of aromatic nitrogens is 7.